The van der Waals surface area contributed by atoms with E-state index in [2.05, 4.69) is 49.9 Å². The van der Waals surface area contributed by atoms with Gasteiger partial charge < -0.3 is 49.3 Å². The van der Waals surface area contributed by atoms with Crippen molar-refractivity contribution in [1.29, 1.82) is 0 Å². The van der Waals surface area contributed by atoms with Crippen LogP contribution in [0.15, 0.2) is 54.7 Å². The molecule has 2 fully saturated rings. The lowest BCUT2D eigenvalue weighted by Gasteiger charge is -2.30. The normalized spacial score (nSPS) is 17.6. The number of nitrogens with one attached hydrogen (secondary N) is 4. The lowest BCUT2D eigenvalue weighted by molar-refractivity contribution is -0.136. The maximum Gasteiger partial charge on any atom is 0.407 e. The third-order valence-corrected chi connectivity index (χ3v) is 11.5. The Morgan fingerprint density at radius 3 is 1.62 bits per heavy atom. The van der Waals surface area contributed by atoms with Crippen LogP contribution in [0.2, 0.25) is 0 Å². The predicted molar refractivity (Wildman–Crippen MR) is 224 cm³/mol. The molecule has 16 heteroatoms. The number of rotatable bonds is 15. The van der Waals surface area contributed by atoms with Crippen LogP contribution < -0.4 is 10.6 Å². The van der Waals surface area contributed by atoms with Gasteiger partial charge in [-0.05, 0) is 54.2 Å². The number of likely N-dealkylation sites (tertiary alicyclic amines) is 2. The molecular formula is C44H58N8O8. The molecule has 2 aliphatic heterocycles. The maximum atomic E-state index is 13.8. The van der Waals surface area contributed by atoms with Gasteiger partial charge in [0.2, 0.25) is 11.8 Å². The zero-order valence-electron chi connectivity index (χ0n) is 35.7. The molecular weight excluding hydrogens is 769 g/mol. The Bertz CT molecular complexity index is 2090. The van der Waals surface area contributed by atoms with Crippen LogP contribution >= 0.6 is 0 Å². The second kappa shape index (κ2) is 19.5. The van der Waals surface area contributed by atoms with Crippen LogP contribution in [-0.4, -0.2) is 114 Å². The fraction of sp³-hybridized carbons (Fsp3) is 0.500. The Labute approximate surface area is 351 Å². The Morgan fingerprint density at radius 2 is 1.15 bits per heavy atom. The van der Waals surface area contributed by atoms with Crippen LogP contribution in [0.4, 0.5) is 9.59 Å². The number of aromatic amines is 2. The number of carbonyl (C=O) groups excluding carboxylic acids is 4. The third-order valence-electron chi connectivity index (χ3n) is 11.5. The van der Waals surface area contributed by atoms with Crippen molar-refractivity contribution >= 4 is 24.0 Å². The molecule has 4 N–H and O–H groups in total. The fourth-order valence-electron chi connectivity index (χ4n) is 8.10. The molecule has 0 radical (unpaired) electrons. The van der Waals surface area contributed by atoms with Crippen LogP contribution in [0.5, 0.6) is 0 Å². The van der Waals surface area contributed by atoms with E-state index in [1.54, 1.807) is 30.2 Å². The number of aromatic nitrogens is 4. The van der Waals surface area contributed by atoms with Gasteiger partial charge in [0.05, 0.1) is 43.9 Å². The molecule has 4 aromatic rings. The van der Waals surface area contributed by atoms with E-state index in [0.717, 1.165) is 65.0 Å². The molecule has 16 nitrogen and oxygen atoms in total. The topological polar surface area (TPSA) is 193 Å². The summed E-state index contributed by atoms with van der Waals surface area (Å²) >= 11 is 0. The summed E-state index contributed by atoms with van der Waals surface area (Å²) < 4.78 is 20.7. The standard InChI is InChI=1S/C44H58N8O8/c1-25(2)36(49-43(55)59-7)41(53)51-21-9-11-33(51)39-45-24-32(47-39)29-17-13-27(14-18-29)28-15-19-30(20-16-28)38-31(23-35(57-5)58-6)46-40(48-38)34-12-10-22-52(34)42(54)37(26(3)4)50-44(56)60-8/h13-20,24-26,33-37H,9-12,21-23H2,1-8H3,(H,45,47)(H,46,48)(H,49,55)(H,50,56)/t33-,34-,36-,37-/m0/s1. The van der Waals surface area contributed by atoms with Crippen molar-refractivity contribution in [2.45, 2.75) is 90.3 Å². The number of carbonyl (C=O) groups is 4. The van der Waals surface area contributed by atoms with Gasteiger partial charge in [-0.15, -0.1) is 0 Å². The smallest absolute Gasteiger partial charge is 0.407 e. The quantitative estimate of drug-likeness (QED) is 0.0978. The Kier molecular flexibility index (Phi) is 14.3. The number of ether oxygens (including phenoxy) is 4. The van der Waals surface area contributed by atoms with Crippen molar-refractivity contribution in [1.82, 2.24) is 40.4 Å². The van der Waals surface area contributed by atoms with E-state index < -0.39 is 30.6 Å². The predicted octanol–water partition coefficient (Wildman–Crippen LogP) is 6.38. The maximum absolute atomic E-state index is 13.8. The van der Waals surface area contributed by atoms with E-state index >= 15 is 0 Å². The molecule has 0 bridgehead atoms. The van der Waals surface area contributed by atoms with E-state index in [4.69, 9.17) is 23.9 Å². The summed E-state index contributed by atoms with van der Waals surface area (Å²) in [6, 6.07) is 14.4. The summed E-state index contributed by atoms with van der Waals surface area (Å²) in [6.07, 6.45) is 3.55. The first-order valence-electron chi connectivity index (χ1n) is 20.6. The second-order valence-electron chi connectivity index (χ2n) is 16.0. The van der Waals surface area contributed by atoms with Crippen molar-refractivity contribution in [3.05, 3.63) is 72.1 Å². The minimum atomic E-state index is -0.737. The Hall–Kier alpha value is -5.74. The SMILES string of the molecule is COC(=O)N[C@H](C(=O)N1CCC[C@H]1c1ncc(-c2ccc(-c3ccc(-c4nc([C@@H]5CCCN5C(=O)[C@@H](NC(=O)OC)C(C)C)[nH]c4CC(OC)OC)cc3)cc2)[nH]1)C(C)C. The number of benzene rings is 2. The summed E-state index contributed by atoms with van der Waals surface area (Å²) in [7, 11) is 5.76. The third kappa shape index (κ3) is 9.65. The van der Waals surface area contributed by atoms with E-state index in [0.29, 0.717) is 31.2 Å². The average molecular weight is 827 g/mol. The van der Waals surface area contributed by atoms with Gasteiger partial charge >= 0.3 is 12.2 Å². The molecule has 0 aliphatic carbocycles. The molecule has 2 aromatic heterocycles. The van der Waals surface area contributed by atoms with Crippen LogP contribution in [0.1, 0.15) is 82.8 Å². The number of imidazole rings is 2. The highest BCUT2D eigenvalue weighted by atomic mass is 16.7. The molecule has 2 aliphatic rings. The molecule has 4 heterocycles. The molecule has 0 unspecified atom stereocenters. The van der Waals surface area contributed by atoms with Gasteiger partial charge in [0, 0.05) is 45.0 Å². The van der Waals surface area contributed by atoms with Crippen LogP contribution in [0.3, 0.4) is 0 Å². The summed E-state index contributed by atoms with van der Waals surface area (Å²) in [5.41, 5.74) is 6.31. The van der Waals surface area contributed by atoms with E-state index in [-0.39, 0.29) is 35.7 Å². The van der Waals surface area contributed by atoms with Gasteiger partial charge in [-0.1, -0.05) is 76.2 Å². The monoisotopic (exact) mass is 826 g/mol. The number of amides is 4. The Balaban J connectivity index is 1.19. The van der Waals surface area contributed by atoms with E-state index in [9.17, 15) is 19.2 Å². The van der Waals surface area contributed by atoms with Crippen molar-refractivity contribution in [3.63, 3.8) is 0 Å². The molecule has 60 heavy (non-hydrogen) atoms. The minimum Gasteiger partial charge on any atom is -0.453 e. The number of nitrogens with zero attached hydrogens (tertiary/aromatic N) is 4. The minimum absolute atomic E-state index is 0.116. The number of methoxy groups -OCH3 is 4. The zero-order chi connectivity index (χ0) is 43.1. The largest absolute Gasteiger partial charge is 0.453 e. The highest BCUT2D eigenvalue weighted by molar-refractivity contribution is 5.87. The molecule has 0 saturated carbocycles. The van der Waals surface area contributed by atoms with Gasteiger partial charge in [-0.2, -0.15) is 0 Å². The number of alkyl carbamates (subject to hydrolysis) is 2. The molecule has 0 spiro atoms. The fourth-order valence-corrected chi connectivity index (χ4v) is 8.10. The molecule has 4 amide bonds. The van der Waals surface area contributed by atoms with Crippen molar-refractivity contribution < 1.29 is 38.1 Å². The molecule has 6 rings (SSSR count). The zero-order valence-corrected chi connectivity index (χ0v) is 35.7. The summed E-state index contributed by atoms with van der Waals surface area (Å²) in [6.45, 7) is 8.71. The van der Waals surface area contributed by atoms with Gasteiger partial charge in [-0.3, -0.25) is 9.59 Å². The first kappa shape index (κ1) is 43.8. The van der Waals surface area contributed by atoms with Crippen molar-refractivity contribution in [3.8, 4) is 33.6 Å². The average Bonchev–Trinajstić information content (AvgIpc) is 4.10. The molecule has 4 atom stereocenters. The van der Waals surface area contributed by atoms with Crippen molar-refractivity contribution in [2.75, 3.05) is 41.5 Å². The highest BCUT2D eigenvalue weighted by Gasteiger charge is 2.39. The summed E-state index contributed by atoms with van der Waals surface area (Å²) in [5, 5.41) is 5.41. The summed E-state index contributed by atoms with van der Waals surface area (Å²) in [5.74, 6) is 0.791. The van der Waals surface area contributed by atoms with Gasteiger partial charge in [0.1, 0.15) is 23.7 Å². The highest BCUT2D eigenvalue weighted by Crippen LogP contribution is 2.36. The number of hydrogen-bond acceptors (Lipinski definition) is 10. The van der Waals surface area contributed by atoms with E-state index in [1.165, 1.54) is 14.2 Å². The van der Waals surface area contributed by atoms with Crippen molar-refractivity contribution in [2.24, 2.45) is 11.8 Å². The molecule has 322 valence electrons. The first-order chi connectivity index (χ1) is 28.9. The lowest BCUT2D eigenvalue weighted by Crippen LogP contribution is -2.51. The van der Waals surface area contributed by atoms with Crippen LogP contribution in [-0.2, 0) is 35.0 Å². The first-order valence-corrected chi connectivity index (χ1v) is 20.6. The van der Waals surface area contributed by atoms with Crippen LogP contribution in [0, 0.1) is 11.8 Å². The molecule has 2 saturated heterocycles. The van der Waals surface area contributed by atoms with Gasteiger partial charge in [-0.25, -0.2) is 19.6 Å². The Morgan fingerprint density at radius 1 is 0.683 bits per heavy atom. The summed E-state index contributed by atoms with van der Waals surface area (Å²) in [4.78, 5) is 71.9. The van der Waals surface area contributed by atoms with E-state index in [1.807, 2.05) is 52.0 Å². The van der Waals surface area contributed by atoms with Crippen LogP contribution in [0.25, 0.3) is 33.6 Å². The molecule has 2 aromatic carbocycles. The van der Waals surface area contributed by atoms with Gasteiger partial charge in [0.25, 0.3) is 0 Å². The number of hydrogen-bond donors (Lipinski definition) is 4. The number of H-pyrrole nitrogens is 2. The van der Waals surface area contributed by atoms with Gasteiger partial charge in [0.15, 0.2) is 6.29 Å². The second-order valence-corrected chi connectivity index (χ2v) is 16.0. The lowest BCUT2D eigenvalue weighted by atomic mass is 10.0.